The molecule has 1 rings (SSSR count). The Morgan fingerprint density at radius 2 is 1.91 bits per heavy atom. The normalized spacial score (nSPS) is 10.6. The molecule has 0 saturated heterocycles. The maximum atomic E-state index is 11.9. The summed E-state index contributed by atoms with van der Waals surface area (Å²) in [5.74, 6) is 1.70. The molecular formula is C14H22BrIN4OS. The Labute approximate surface area is 161 Å². The van der Waals surface area contributed by atoms with Crippen LogP contribution in [0.5, 0.6) is 0 Å². The molecule has 0 atom stereocenters. The van der Waals surface area contributed by atoms with E-state index in [0.29, 0.717) is 18.7 Å². The second kappa shape index (κ2) is 13.0. The predicted molar refractivity (Wildman–Crippen MR) is 110 cm³/mol. The van der Waals surface area contributed by atoms with Crippen LogP contribution < -0.4 is 16.0 Å². The molecule has 124 valence electrons. The molecule has 0 aromatic heterocycles. The summed E-state index contributed by atoms with van der Waals surface area (Å²) in [5.41, 5.74) is 0.645. The summed E-state index contributed by atoms with van der Waals surface area (Å²) < 4.78 is 0.895. The molecule has 0 saturated carbocycles. The van der Waals surface area contributed by atoms with Gasteiger partial charge in [0.05, 0.1) is 0 Å². The molecule has 0 aliphatic heterocycles. The summed E-state index contributed by atoms with van der Waals surface area (Å²) in [5, 5.41) is 9.21. The molecule has 0 heterocycles. The van der Waals surface area contributed by atoms with Crippen molar-refractivity contribution in [2.24, 2.45) is 4.99 Å². The highest BCUT2D eigenvalue weighted by molar-refractivity contribution is 14.0. The number of hydrogen-bond donors (Lipinski definition) is 3. The molecule has 1 aromatic carbocycles. The summed E-state index contributed by atoms with van der Waals surface area (Å²) >= 11 is 5.13. The maximum absolute atomic E-state index is 11.9. The summed E-state index contributed by atoms with van der Waals surface area (Å²) in [6.45, 7) is 2.03. The molecule has 3 N–H and O–H groups in total. The Kier molecular flexibility index (Phi) is 12.7. The maximum Gasteiger partial charge on any atom is 0.251 e. The van der Waals surface area contributed by atoms with E-state index in [1.807, 2.05) is 12.1 Å². The molecule has 0 aliphatic carbocycles. The fourth-order valence-corrected chi connectivity index (χ4v) is 2.29. The second-order valence-corrected chi connectivity index (χ2v) is 6.09. The van der Waals surface area contributed by atoms with E-state index in [2.05, 4.69) is 43.1 Å². The number of rotatable bonds is 7. The molecule has 5 nitrogen and oxygen atoms in total. The average Bonchev–Trinajstić information content (AvgIpc) is 2.49. The Bertz CT molecular complexity index is 488. The van der Waals surface area contributed by atoms with Gasteiger partial charge in [0.25, 0.3) is 5.91 Å². The molecular weight excluding hydrogens is 479 g/mol. The summed E-state index contributed by atoms with van der Waals surface area (Å²) in [4.78, 5) is 16.0. The number of nitrogens with one attached hydrogen (secondary N) is 3. The van der Waals surface area contributed by atoms with Gasteiger partial charge >= 0.3 is 0 Å². The van der Waals surface area contributed by atoms with Gasteiger partial charge in [-0.2, -0.15) is 11.8 Å². The molecule has 1 aromatic rings. The zero-order valence-electron chi connectivity index (χ0n) is 12.7. The fourth-order valence-electron chi connectivity index (χ4n) is 1.58. The molecule has 1 amide bonds. The molecule has 0 unspecified atom stereocenters. The number of aliphatic imine (C=N–C) groups is 1. The molecule has 0 radical (unpaired) electrons. The van der Waals surface area contributed by atoms with Gasteiger partial charge in [-0.25, -0.2) is 0 Å². The molecule has 0 fully saturated rings. The van der Waals surface area contributed by atoms with Gasteiger partial charge in [-0.1, -0.05) is 22.0 Å². The second-order valence-electron chi connectivity index (χ2n) is 4.18. The Morgan fingerprint density at radius 3 is 2.55 bits per heavy atom. The van der Waals surface area contributed by atoms with E-state index in [0.717, 1.165) is 22.7 Å². The third kappa shape index (κ3) is 8.84. The Balaban J connectivity index is 0.00000441. The number of carbonyl (C=O) groups is 1. The van der Waals surface area contributed by atoms with Crippen LogP contribution in [0, 0.1) is 0 Å². The van der Waals surface area contributed by atoms with Crippen LogP contribution >= 0.6 is 51.7 Å². The number of benzene rings is 1. The standard InChI is InChI=1S/C14H21BrN4OS.HI/c1-16-14(19-8-9-21-2)18-7-6-17-13(20)11-4-3-5-12(15)10-11;/h3-5,10H,6-9H2,1-2H3,(H,17,20)(H2,16,18,19);1H. The van der Waals surface area contributed by atoms with Crippen molar-refractivity contribution in [3.8, 4) is 0 Å². The smallest absolute Gasteiger partial charge is 0.251 e. The van der Waals surface area contributed by atoms with Crippen LogP contribution in [0.3, 0.4) is 0 Å². The highest BCUT2D eigenvalue weighted by Gasteiger charge is 2.04. The summed E-state index contributed by atoms with van der Waals surface area (Å²) in [6.07, 6.45) is 2.06. The van der Waals surface area contributed by atoms with Crippen molar-refractivity contribution in [3.05, 3.63) is 34.3 Å². The van der Waals surface area contributed by atoms with Crippen LogP contribution in [0.4, 0.5) is 0 Å². The number of amides is 1. The van der Waals surface area contributed by atoms with Crippen molar-refractivity contribution in [1.29, 1.82) is 0 Å². The minimum absolute atomic E-state index is 0. The Hall–Kier alpha value is -0.480. The third-order valence-corrected chi connectivity index (χ3v) is 3.72. The van der Waals surface area contributed by atoms with Crippen molar-refractivity contribution in [2.45, 2.75) is 0 Å². The van der Waals surface area contributed by atoms with Crippen LogP contribution in [-0.2, 0) is 0 Å². The highest BCUT2D eigenvalue weighted by atomic mass is 127. The lowest BCUT2D eigenvalue weighted by Gasteiger charge is -2.12. The van der Waals surface area contributed by atoms with E-state index in [1.165, 1.54) is 0 Å². The van der Waals surface area contributed by atoms with Gasteiger partial charge in [-0.05, 0) is 24.5 Å². The van der Waals surface area contributed by atoms with Crippen LogP contribution in [0.15, 0.2) is 33.7 Å². The van der Waals surface area contributed by atoms with Crippen molar-refractivity contribution < 1.29 is 4.79 Å². The zero-order valence-corrected chi connectivity index (χ0v) is 17.4. The topological polar surface area (TPSA) is 65.5 Å². The zero-order chi connectivity index (χ0) is 15.5. The Morgan fingerprint density at radius 1 is 1.23 bits per heavy atom. The third-order valence-electron chi connectivity index (χ3n) is 2.61. The molecule has 8 heteroatoms. The molecule has 0 bridgehead atoms. The number of carbonyl (C=O) groups excluding carboxylic acids is 1. The van der Waals surface area contributed by atoms with Gasteiger partial charge in [-0.3, -0.25) is 9.79 Å². The SMILES string of the molecule is CN=C(NCCNC(=O)c1cccc(Br)c1)NCCSC.I. The molecule has 0 spiro atoms. The van der Waals surface area contributed by atoms with Gasteiger partial charge in [0.15, 0.2) is 5.96 Å². The minimum Gasteiger partial charge on any atom is -0.356 e. The fraction of sp³-hybridized carbons (Fsp3) is 0.429. The van der Waals surface area contributed by atoms with E-state index in [1.54, 1.807) is 30.9 Å². The lowest BCUT2D eigenvalue weighted by molar-refractivity contribution is 0.0954. The van der Waals surface area contributed by atoms with Gasteiger partial charge in [-0.15, -0.1) is 24.0 Å². The molecule has 0 aliphatic rings. The van der Waals surface area contributed by atoms with E-state index in [4.69, 9.17) is 0 Å². The molecule has 22 heavy (non-hydrogen) atoms. The van der Waals surface area contributed by atoms with Gasteiger partial charge in [0.2, 0.25) is 0 Å². The highest BCUT2D eigenvalue weighted by Crippen LogP contribution is 2.11. The van der Waals surface area contributed by atoms with Crippen LogP contribution in [0.1, 0.15) is 10.4 Å². The van der Waals surface area contributed by atoms with E-state index < -0.39 is 0 Å². The van der Waals surface area contributed by atoms with Crippen molar-refractivity contribution in [2.75, 3.05) is 38.7 Å². The largest absolute Gasteiger partial charge is 0.356 e. The van der Waals surface area contributed by atoms with Crippen LogP contribution in [-0.4, -0.2) is 50.6 Å². The number of guanidine groups is 1. The summed E-state index contributed by atoms with van der Waals surface area (Å²) in [6, 6.07) is 7.32. The summed E-state index contributed by atoms with van der Waals surface area (Å²) in [7, 11) is 1.73. The van der Waals surface area contributed by atoms with E-state index in [-0.39, 0.29) is 29.9 Å². The first-order valence-corrected chi connectivity index (χ1v) is 8.83. The number of nitrogens with zero attached hydrogens (tertiary/aromatic N) is 1. The van der Waals surface area contributed by atoms with Gasteiger partial charge in [0.1, 0.15) is 0 Å². The number of halogens is 2. The van der Waals surface area contributed by atoms with Gasteiger partial charge < -0.3 is 16.0 Å². The lowest BCUT2D eigenvalue weighted by Crippen LogP contribution is -2.42. The quantitative estimate of drug-likeness (QED) is 0.233. The van der Waals surface area contributed by atoms with E-state index in [9.17, 15) is 4.79 Å². The first-order chi connectivity index (χ1) is 10.2. The monoisotopic (exact) mass is 500 g/mol. The predicted octanol–water partition coefficient (Wildman–Crippen LogP) is 2.32. The van der Waals surface area contributed by atoms with Crippen LogP contribution in [0.25, 0.3) is 0 Å². The number of thioether (sulfide) groups is 1. The first-order valence-electron chi connectivity index (χ1n) is 6.64. The van der Waals surface area contributed by atoms with Crippen molar-refractivity contribution in [1.82, 2.24) is 16.0 Å². The minimum atomic E-state index is -0.0802. The average molecular weight is 501 g/mol. The van der Waals surface area contributed by atoms with E-state index >= 15 is 0 Å². The first kappa shape index (κ1) is 21.5. The lowest BCUT2D eigenvalue weighted by atomic mass is 10.2. The number of hydrogen-bond acceptors (Lipinski definition) is 3. The van der Waals surface area contributed by atoms with Crippen LogP contribution in [0.2, 0.25) is 0 Å². The van der Waals surface area contributed by atoms with Crippen molar-refractivity contribution in [3.63, 3.8) is 0 Å². The van der Waals surface area contributed by atoms with Gasteiger partial charge in [0, 0.05) is 42.5 Å². The van der Waals surface area contributed by atoms with Crippen molar-refractivity contribution >= 4 is 63.5 Å².